The average Bonchev–Trinajstić information content (AvgIpc) is 3.37. The van der Waals surface area contributed by atoms with E-state index in [1.54, 1.807) is 30.9 Å². The van der Waals surface area contributed by atoms with Crippen LogP contribution in [0.25, 0.3) is 22.5 Å². The van der Waals surface area contributed by atoms with Crippen molar-refractivity contribution in [2.45, 2.75) is 6.54 Å². The number of aromatic nitrogens is 6. The topological polar surface area (TPSA) is 98.6 Å². The summed E-state index contributed by atoms with van der Waals surface area (Å²) in [5.74, 6) is 1.61. The van der Waals surface area contributed by atoms with Gasteiger partial charge in [0, 0.05) is 47.4 Å². The summed E-state index contributed by atoms with van der Waals surface area (Å²) in [7, 11) is 0. The molecule has 5 aromatic rings. The Bertz CT molecular complexity index is 1380. The number of ether oxygens (including phenoxy) is 1. The molecule has 5 rings (SSSR count). The fourth-order valence-electron chi connectivity index (χ4n) is 3.22. The molecule has 0 radical (unpaired) electrons. The summed E-state index contributed by atoms with van der Waals surface area (Å²) in [4.78, 5) is 21.3. The lowest BCUT2D eigenvalue weighted by Gasteiger charge is -2.09. The summed E-state index contributed by atoms with van der Waals surface area (Å²) >= 11 is 0. The molecule has 0 unspecified atom stereocenters. The van der Waals surface area contributed by atoms with Crippen molar-refractivity contribution in [3.05, 3.63) is 107 Å². The quantitative estimate of drug-likeness (QED) is 0.445. The Balaban J connectivity index is 1.37. The van der Waals surface area contributed by atoms with Crippen molar-refractivity contribution >= 4 is 0 Å². The van der Waals surface area contributed by atoms with E-state index in [9.17, 15) is 4.79 Å². The van der Waals surface area contributed by atoms with Crippen LogP contribution in [0.15, 0.2) is 96.3 Å². The first-order valence-electron chi connectivity index (χ1n) is 9.96. The highest BCUT2D eigenvalue weighted by atomic mass is 16.5. The van der Waals surface area contributed by atoms with Crippen molar-refractivity contribution < 1.29 is 4.74 Å². The monoisotopic (exact) mass is 422 g/mol. The summed E-state index contributed by atoms with van der Waals surface area (Å²) < 4.78 is 7.12. The fraction of sp³-hybridized carbons (Fsp3) is 0.0417. The van der Waals surface area contributed by atoms with Crippen LogP contribution in [0, 0.1) is 0 Å². The van der Waals surface area contributed by atoms with Gasteiger partial charge >= 0.3 is 0 Å². The highest BCUT2D eigenvalue weighted by Crippen LogP contribution is 2.21. The minimum absolute atomic E-state index is 0.212. The molecule has 0 aliphatic heterocycles. The van der Waals surface area contributed by atoms with E-state index in [4.69, 9.17) is 4.74 Å². The highest BCUT2D eigenvalue weighted by Gasteiger charge is 2.08. The second-order valence-electron chi connectivity index (χ2n) is 7.07. The predicted molar refractivity (Wildman–Crippen MR) is 119 cm³/mol. The fourth-order valence-corrected chi connectivity index (χ4v) is 3.22. The number of nitrogens with zero attached hydrogens (tertiary/aromatic N) is 5. The van der Waals surface area contributed by atoms with Crippen molar-refractivity contribution in [2.75, 3.05) is 0 Å². The molecule has 156 valence electrons. The molecule has 3 heterocycles. The van der Waals surface area contributed by atoms with Crippen LogP contribution in [0.4, 0.5) is 0 Å². The maximum Gasteiger partial charge on any atom is 0.267 e. The number of H-pyrrole nitrogens is 1. The van der Waals surface area contributed by atoms with Gasteiger partial charge in [0.1, 0.15) is 5.75 Å². The van der Waals surface area contributed by atoms with Gasteiger partial charge in [0.15, 0.2) is 5.82 Å². The molecular formula is C24H18N6O2. The number of aromatic amines is 1. The molecule has 8 nitrogen and oxygen atoms in total. The molecule has 0 spiro atoms. The Kier molecular flexibility index (Phi) is 5.24. The Labute approximate surface area is 183 Å². The first-order chi connectivity index (χ1) is 15.7. The van der Waals surface area contributed by atoms with Gasteiger partial charge in [0.2, 0.25) is 5.88 Å². The zero-order valence-corrected chi connectivity index (χ0v) is 16.9. The number of hydrogen-bond donors (Lipinski definition) is 1. The Morgan fingerprint density at radius 2 is 1.69 bits per heavy atom. The standard InChI is InChI=1S/C24H18N6O2/c31-23-10-9-22(32-21-7-2-1-3-8-21)29-30(23)16-17-5-4-6-18(11-17)24-25-12-19(13-26-24)20-14-27-28-15-20/h1-15H,16H2,(H,27,28). The van der Waals surface area contributed by atoms with E-state index in [0.29, 0.717) is 24.0 Å². The molecule has 0 fully saturated rings. The van der Waals surface area contributed by atoms with Crippen LogP contribution in [0.5, 0.6) is 11.6 Å². The Hall–Kier alpha value is -4.59. The van der Waals surface area contributed by atoms with Crippen molar-refractivity contribution in [1.82, 2.24) is 29.9 Å². The molecule has 0 saturated carbocycles. The smallest absolute Gasteiger partial charge is 0.267 e. The number of hydrogen-bond acceptors (Lipinski definition) is 6. The second kappa shape index (κ2) is 8.65. The van der Waals surface area contributed by atoms with E-state index in [1.807, 2.05) is 54.6 Å². The molecule has 2 aromatic carbocycles. The summed E-state index contributed by atoms with van der Waals surface area (Å²) in [5, 5.41) is 11.1. The molecule has 0 atom stereocenters. The van der Waals surface area contributed by atoms with Crippen LogP contribution in [-0.2, 0) is 6.54 Å². The van der Waals surface area contributed by atoms with Crippen LogP contribution < -0.4 is 10.3 Å². The van der Waals surface area contributed by atoms with Gasteiger partial charge in [-0.3, -0.25) is 9.89 Å². The molecule has 32 heavy (non-hydrogen) atoms. The molecule has 8 heteroatoms. The normalized spacial score (nSPS) is 10.8. The third-order valence-corrected chi connectivity index (χ3v) is 4.81. The van der Waals surface area contributed by atoms with Crippen LogP contribution in [0.2, 0.25) is 0 Å². The zero-order chi connectivity index (χ0) is 21.8. The number of para-hydroxylation sites is 1. The lowest BCUT2D eigenvalue weighted by molar-refractivity contribution is 0.435. The van der Waals surface area contributed by atoms with Gasteiger partial charge < -0.3 is 4.74 Å². The first-order valence-corrected chi connectivity index (χ1v) is 9.96. The van der Waals surface area contributed by atoms with E-state index in [-0.39, 0.29) is 5.56 Å². The Morgan fingerprint density at radius 3 is 2.47 bits per heavy atom. The third kappa shape index (κ3) is 4.29. The first kappa shape index (κ1) is 19.4. The van der Waals surface area contributed by atoms with Gasteiger partial charge in [-0.05, 0) is 23.8 Å². The van der Waals surface area contributed by atoms with Crippen LogP contribution in [0.3, 0.4) is 0 Å². The third-order valence-electron chi connectivity index (χ3n) is 4.81. The van der Waals surface area contributed by atoms with E-state index >= 15 is 0 Å². The molecule has 0 aliphatic carbocycles. The molecule has 0 bridgehead atoms. The molecule has 1 N–H and O–H groups in total. The maximum atomic E-state index is 12.3. The van der Waals surface area contributed by atoms with Crippen molar-refractivity contribution in [3.63, 3.8) is 0 Å². The van der Waals surface area contributed by atoms with Gasteiger partial charge in [0.05, 0.1) is 12.7 Å². The van der Waals surface area contributed by atoms with Gasteiger partial charge in [-0.2, -0.15) is 5.10 Å². The van der Waals surface area contributed by atoms with E-state index in [2.05, 4.69) is 25.3 Å². The van der Waals surface area contributed by atoms with Crippen molar-refractivity contribution in [3.8, 4) is 34.1 Å². The lowest BCUT2D eigenvalue weighted by Crippen LogP contribution is -2.22. The van der Waals surface area contributed by atoms with E-state index in [0.717, 1.165) is 22.3 Å². The van der Waals surface area contributed by atoms with E-state index < -0.39 is 0 Å². The molecule has 0 amide bonds. The van der Waals surface area contributed by atoms with Gasteiger partial charge in [-0.25, -0.2) is 14.6 Å². The molecular weight excluding hydrogens is 404 g/mol. The minimum atomic E-state index is -0.212. The summed E-state index contributed by atoms with van der Waals surface area (Å²) in [5.41, 5.74) is 3.34. The molecule has 3 aromatic heterocycles. The van der Waals surface area contributed by atoms with Gasteiger partial charge in [0.25, 0.3) is 5.56 Å². The van der Waals surface area contributed by atoms with Crippen LogP contribution >= 0.6 is 0 Å². The van der Waals surface area contributed by atoms with Crippen molar-refractivity contribution in [2.24, 2.45) is 0 Å². The maximum absolute atomic E-state index is 12.3. The van der Waals surface area contributed by atoms with Crippen LogP contribution in [-0.4, -0.2) is 29.9 Å². The van der Waals surface area contributed by atoms with Gasteiger partial charge in [-0.1, -0.05) is 36.4 Å². The average molecular weight is 422 g/mol. The Morgan fingerprint density at radius 1 is 0.844 bits per heavy atom. The lowest BCUT2D eigenvalue weighted by atomic mass is 10.1. The largest absolute Gasteiger partial charge is 0.438 e. The number of rotatable bonds is 6. The molecule has 0 saturated heterocycles. The highest BCUT2D eigenvalue weighted by molar-refractivity contribution is 5.62. The summed E-state index contributed by atoms with van der Waals surface area (Å²) in [6.07, 6.45) is 7.03. The SMILES string of the molecule is O=c1ccc(Oc2ccccc2)nn1Cc1cccc(-c2ncc(-c3cn[nH]c3)cn2)c1. The number of benzene rings is 2. The molecule has 0 aliphatic rings. The summed E-state index contributed by atoms with van der Waals surface area (Å²) in [6.45, 7) is 0.297. The van der Waals surface area contributed by atoms with Crippen LogP contribution in [0.1, 0.15) is 5.56 Å². The number of nitrogens with one attached hydrogen (secondary N) is 1. The zero-order valence-electron chi connectivity index (χ0n) is 16.9. The van der Waals surface area contributed by atoms with Crippen molar-refractivity contribution in [1.29, 1.82) is 0 Å². The predicted octanol–water partition coefficient (Wildman–Crippen LogP) is 3.93. The second-order valence-corrected chi connectivity index (χ2v) is 7.07. The minimum Gasteiger partial charge on any atom is -0.438 e. The summed E-state index contributed by atoms with van der Waals surface area (Å²) in [6, 6.07) is 20.1. The van der Waals surface area contributed by atoms with E-state index in [1.165, 1.54) is 10.7 Å². The van der Waals surface area contributed by atoms with Gasteiger partial charge in [-0.15, -0.1) is 5.10 Å².